The molecule has 0 aromatic carbocycles. The summed E-state index contributed by atoms with van der Waals surface area (Å²) in [5.41, 5.74) is 1.19. The maximum Gasteiger partial charge on any atom is 0.326 e. The zero-order chi connectivity index (χ0) is 9.26. The van der Waals surface area contributed by atoms with Gasteiger partial charge in [0, 0.05) is 5.70 Å². The lowest BCUT2D eigenvalue weighted by molar-refractivity contribution is -0.139. The molecule has 2 aliphatic rings. The first-order chi connectivity index (χ1) is 6.27. The van der Waals surface area contributed by atoms with Crippen LogP contribution in [-0.4, -0.2) is 17.1 Å². The molecule has 0 amide bonds. The van der Waals surface area contributed by atoms with E-state index in [1.54, 1.807) is 0 Å². The smallest absolute Gasteiger partial charge is 0.326 e. The van der Waals surface area contributed by atoms with E-state index in [1.165, 1.54) is 18.5 Å². The zero-order valence-corrected chi connectivity index (χ0v) is 7.62. The van der Waals surface area contributed by atoms with Gasteiger partial charge in [-0.05, 0) is 38.0 Å². The average molecular weight is 181 g/mol. The second-order valence-electron chi connectivity index (χ2n) is 3.90. The van der Waals surface area contributed by atoms with Crippen LogP contribution < -0.4 is 5.32 Å². The van der Waals surface area contributed by atoms with Gasteiger partial charge in [-0.1, -0.05) is 6.08 Å². The van der Waals surface area contributed by atoms with Gasteiger partial charge in [0.2, 0.25) is 0 Å². The molecule has 0 aromatic rings. The minimum Gasteiger partial charge on any atom is -0.480 e. The highest BCUT2D eigenvalue weighted by molar-refractivity contribution is 5.74. The lowest BCUT2D eigenvalue weighted by atomic mass is 9.84. The van der Waals surface area contributed by atoms with Crippen LogP contribution in [-0.2, 0) is 4.79 Å². The van der Waals surface area contributed by atoms with E-state index in [-0.39, 0.29) is 6.04 Å². The van der Waals surface area contributed by atoms with Crippen molar-refractivity contribution in [2.75, 3.05) is 0 Å². The maximum absolute atomic E-state index is 10.7. The third-order valence-corrected chi connectivity index (χ3v) is 3.00. The molecule has 0 aromatic heterocycles. The van der Waals surface area contributed by atoms with Crippen LogP contribution in [0, 0.1) is 5.92 Å². The number of carboxylic acid groups (broad SMARTS) is 1. The van der Waals surface area contributed by atoms with Crippen molar-refractivity contribution in [3.63, 3.8) is 0 Å². The normalized spacial score (nSPS) is 32.8. The van der Waals surface area contributed by atoms with E-state index in [9.17, 15) is 4.79 Å². The van der Waals surface area contributed by atoms with Crippen LogP contribution >= 0.6 is 0 Å². The van der Waals surface area contributed by atoms with Gasteiger partial charge in [-0.15, -0.1) is 0 Å². The van der Waals surface area contributed by atoms with Crippen molar-refractivity contribution in [1.29, 1.82) is 0 Å². The summed E-state index contributed by atoms with van der Waals surface area (Å²) in [5.74, 6) is -0.103. The molecular formula is C10H15NO2. The van der Waals surface area contributed by atoms with Gasteiger partial charge in [0.05, 0.1) is 0 Å². The van der Waals surface area contributed by atoms with E-state index < -0.39 is 5.97 Å². The first kappa shape index (κ1) is 8.60. The van der Waals surface area contributed by atoms with Crippen molar-refractivity contribution >= 4 is 5.97 Å². The maximum atomic E-state index is 10.7. The van der Waals surface area contributed by atoms with Crippen LogP contribution in [0.4, 0.5) is 0 Å². The molecule has 0 radical (unpaired) electrons. The molecular weight excluding hydrogens is 166 g/mol. The first-order valence-corrected chi connectivity index (χ1v) is 4.97. The summed E-state index contributed by atoms with van der Waals surface area (Å²) < 4.78 is 0. The Hall–Kier alpha value is -0.990. The number of hydrogen-bond donors (Lipinski definition) is 2. The summed E-state index contributed by atoms with van der Waals surface area (Å²) in [6, 6.07) is -0.347. The molecule has 1 heterocycles. The van der Waals surface area contributed by atoms with Crippen molar-refractivity contribution in [2.24, 2.45) is 5.92 Å². The molecule has 0 spiro atoms. The van der Waals surface area contributed by atoms with Crippen LogP contribution in [0.15, 0.2) is 11.8 Å². The average Bonchev–Trinajstić information content (AvgIpc) is 2.17. The van der Waals surface area contributed by atoms with Crippen molar-refractivity contribution in [3.05, 3.63) is 11.8 Å². The Morgan fingerprint density at radius 3 is 3.08 bits per heavy atom. The van der Waals surface area contributed by atoms with Gasteiger partial charge in [-0.3, -0.25) is 0 Å². The molecule has 2 atom stereocenters. The molecule has 3 nitrogen and oxygen atoms in total. The summed E-state index contributed by atoms with van der Waals surface area (Å²) in [4.78, 5) is 10.7. The molecule has 1 aliphatic carbocycles. The van der Waals surface area contributed by atoms with Crippen LogP contribution in [0.3, 0.4) is 0 Å². The third-order valence-electron chi connectivity index (χ3n) is 3.00. The Morgan fingerprint density at radius 2 is 2.31 bits per heavy atom. The number of nitrogens with one attached hydrogen (secondary N) is 1. The minimum absolute atomic E-state index is 0.347. The Kier molecular flexibility index (Phi) is 2.25. The molecule has 3 heteroatoms. The predicted octanol–water partition coefficient (Wildman–Crippen LogP) is 1.51. The molecule has 2 rings (SSSR count). The number of aliphatic carboxylic acids is 1. The predicted molar refractivity (Wildman–Crippen MR) is 49.2 cm³/mol. The van der Waals surface area contributed by atoms with Crippen LogP contribution in [0.2, 0.25) is 0 Å². The highest BCUT2D eigenvalue weighted by atomic mass is 16.4. The summed E-state index contributed by atoms with van der Waals surface area (Å²) >= 11 is 0. The second kappa shape index (κ2) is 3.40. The molecule has 2 unspecified atom stereocenters. The highest BCUT2D eigenvalue weighted by Crippen LogP contribution is 2.31. The molecule has 0 saturated carbocycles. The van der Waals surface area contributed by atoms with E-state index in [4.69, 9.17) is 5.11 Å². The number of hydrogen-bond acceptors (Lipinski definition) is 2. The molecule has 0 bridgehead atoms. The van der Waals surface area contributed by atoms with Crippen molar-refractivity contribution in [1.82, 2.24) is 5.32 Å². The zero-order valence-electron chi connectivity index (χ0n) is 7.62. The lowest BCUT2D eigenvalue weighted by Crippen LogP contribution is -2.42. The minimum atomic E-state index is -0.718. The van der Waals surface area contributed by atoms with Crippen molar-refractivity contribution in [2.45, 2.75) is 38.1 Å². The fourth-order valence-electron chi connectivity index (χ4n) is 2.25. The monoisotopic (exact) mass is 181 g/mol. The summed E-state index contributed by atoms with van der Waals surface area (Å²) in [6.45, 7) is 0. The molecule has 2 N–H and O–H groups in total. The summed E-state index contributed by atoms with van der Waals surface area (Å²) in [5, 5.41) is 12.0. The van der Waals surface area contributed by atoms with Crippen molar-refractivity contribution < 1.29 is 9.90 Å². The van der Waals surface area contributed by atoms with Gasteiger partial charge in [-0.25, -0.2) is 4.79 Å². The standard InChI is InChI=1S/C10H15NO2/c12-10(13)9-6-5-7-3-1-2-4-8(7)11-9/h4,7,9,11H,1-3,5-6H2,(H,12,13). The van der Waals surface area contributed by atoms with Crippen LogP contribution in [0.1, 0.15) is 32.1 Å². The summed E-state index contributed by atoms with van der Waals surface area (Å²) in [6.07, 6.45) is 7.57. The topological polar surface area (TPSA) is 49.3 Å². The van der Waals surface area contributed by atoms with Gasteiger partial charge in [0.25, 0.3) is 0 Å². The number of carboxylic acids is 1. The van der Waals surface area contributed by atoms with E-state index in [1.807, 2.05) is 0 Å². The molecule has 1 saturated heterocycles. The van der Waals surface area contributed by atoms with Gasteiger partial charge in [0.15, 0.2) is 0 Å². The molecule has 1 aliphatic heterocycles. The Balaban J connectivity index is 2.06. The molecule has 13 heavy (non-hydrogen) atoms. The fraction of sp³-hybridized carbons (Fsp3) is 0.700. The molecule has 1 fully saturated rings. The second-order valence-corrected chi connectivity index (χ2v) is 3.90. The Labute approximate surface area is 77.8 Å². The van der Waals surface area contributed by atoms with Crippen LogP contribution in [0.25, 0.3) is 0 Å². The van der Waals surface area contributed by atoms with E-state index in [2.05, 4.69) is 11.4 Å². The third kappa shape index (κ3) is 1.69. The van der Waals surface area contributed by atoms with E-state index in [0.29, 0.717) is 5.92 Å². The van der Waals surface area contributed by atoms with E-state index >= 15 is 0 Å². The quantitative estimate of drug-likeness (QED) is 0.644. The fourth-order valence-corrected chi connectivity index (χ4v) is 2.25. The first-order valence-electron chi connectivity index (χ1n) is 4.97. The number of allylic oxidation sites excluding steroid dienone is 2. The summed E-state index contributed by atoms with van der Waals surface area (Å²) in [7, 11) is 0. The Bertz CT molecular complexity index is 247. The van der Waals surface area contributed by atoms with Crippen LogP contribution in [0.5, 0.6) is 0 Å². The highest BCUT2D eigenvalue weighted by Gasteiger charge is 2.29. The van der Waals surface area contributed by atoms with E-state index in [0.717, 1.165) is 19.3 Å². The molecule has 72 valence electrons. The van der Waals surface area contributed by atoms with Gasteiger partial charge >= 0.3 is 5.97 Å². The largest absolute Gasteiger partial charge is 0.480 e. The number of piperidine rings is 1. The van der Waals surface area contributed by atoms with Crippen molar-refractivity contribution in [3.8, 4) is 0 Å². The Morgan fingerprint density at radius 1 is 1.46 bits per heavy atom. The SMILES string of the molecule is O=C(O)C1CCC2CCCC=C2N1. The number of rotatable bonds is 1. The van der Waals surface area contributed by atoms with Gasteiger partial charge in [-0.2, -0.15) is 0 Å². The van der Waals surface area contributed by atoms with Gasteiger partial charge < -0.3 is 10.4 Å². The number of carbonyl (C=O) groups is 1. The lowest BCUT2D eigenvalue weighted by Gasteiger charge is -2.33. The van der Waals surface area contributed by atoms with Gasteiger partial charge in [0.1, 0.15) is 6.04 Å². The number of fused-ring (bicyclic) bond motifs is 1.